The number of nitrogens with zero attached hydrogens (tertiary/aromatic N) is 3. The summed E-state index contributed by atoms with van der Waals surface area (Å²) in [4.78, 5) is 22.4. The number of rotatable bonds is 9. The summed E-state index contributed by atoms with van der Waals surface area (Å²) in [6.07, 6.45) is -1.29. The van der Waals surface area contributed by atoms with Gasteiger partial charge < -0.3 is 20.7 Å². The van der Waals surface area contributed by atoms with Crippen molar-refractivity contribution in [3.8, 4) is 0 Å². The number of halogens is 1. The molecular formula is C15H17FN4O5. The molecule has 1 aromatic carbocycles. The highest BCUT2D eigenvalue weighted by Gasteiger charge is 2.34. The van der Waals surface area contributed by atoms with Crippen molar-refractivity contribution in [3.63, 3.8) is 0 Å². The molecule has 0 radical (unpaired) electrons. The van der Waals surface area contributed by atoms with Crippen molar-refractivity contribution >= 4 is 11.9 Å². The standard InChI is InChI=1S/C15H17FN4O5/c16-6-10-7-20(19-18-10)8-11(9-4-2-1-3-5-9)25-13(15(23)24)12(17)14(21)22/h1-5,7,11-13H,6,8,17H2,(H,21,22)(H,23,24). The first-order valence-electron chi connectivity index (χ1n) is 7.29. The minimum Gasteiger partial charge on any atom is -0.480 e. The summed E-state index contributed by atoms with van der Waals surface area (Å²) >= 11 is 0. The van der Waals surface area contributed by atoms with E-state index in [0.29, 0.717) is 5.56 Å². The molecule has 0 amide bonds. The Balaban J connectivity index is 2.27. The number of alkyl halides is 1. The summed E-state index contributed by atoms with van der Waals surface area (Å²) in [6, 6.07) is 6.81. The number of carbonyl (C=O) groups is 2. The molecule has 1 heterocycles. The highest BCUT2D eigenvalue weighted by molar-refractivity contribution is 5.84. The average Bonchev–Trinajstić information content (AvgIpc) is 3.06. The Hall–Kier alpha value is -2.85. The van der Waals surface area contributed by atoms with Crippen LogP contribution < -0.4 is 5.73 Å². The van der Waals surface area contributed by atoms with Gasteiger partial charge in [0.2, 0.25) is 0 Å². The van der Waals surface area contributed by atoms with Crippen LogP contribution in [-0.2, 0) is 27.5 Å². The van der Waals surface area contributed by atoms with Crippen LogP contribution in [0.4, 0.5) is 4.39 Å². The van der Waals surface area contributed by atoms with Crippen molar-refractivity contribution in [2.45, 2.75) is 31.5 Å². The molecule has 9 nitrogen and oxygen atoms in total. The van der Waals surface area contributed by atoms with Gasteiger partial charge in [-0.05, 0) is 5.56 Å². The van der Waals surface area contributed by atoms with Crippen LogP contribution >= 0.6 is 0 Å². The first-order chi connectivity index (χ1) is 11.9. The SMILES string of the molecule is NC(C(=O)O)C(OC(Cn1cc(CF)nn1)c1ccccc1)C(=O)O. The summed E-state index contributed by atoms with van der Waals surface area (Å²) in [6.45, 7) is -0.786. The van der Waals surface area contributed by atoms with Crippen LogP contribution in [0.15, 0.2) is 36.5 Å². The second kappa shape index (κ2) is 8.31. The molecule has 3 atom stereocenters. The van der Waals surface area contributed by atoms with Crippen LogP contribution in [0.5, 0.6) is 0 Å². The first kappa shape index (κ1) is 18.5. The van der Waals surface area contributed by atoms with Crippen LogP contribution in [0.1, 0.15) is 17.4 Å². The molecule has 10 heteroatoms. The minimum absolute atomic E-state index is 0.00708. The Morgan fingerprint density at radius 3 is 2.44 bits per heavy atom. The molecule has 0 aliphatic heterocycles. The molecule has 0 spiro atoms. The quantitative estimate of drug-likeness (QED) is 0.588. The molecule has 2 aromatic rings. The maximum Gasteiger partial charge on any atom is 0.335 e. The topological polar surface area (TPSA) is 141 Å². The zero-order valence-corrected chi connectivity index (χ0v) is 13.0. The number of carboxylic acids is 2. The fraction of sp³-hybridized carbons (Fsp3) is 0.333. The highest BCUT2D eigenvalue weighted by Crippen LogP contribution is 2.22. The van der Waals surface area contributed by atoms with Gasteiger partial charge in [-0.15, -0.1) is 5.10 Å². The van der Waals surface area contributed by atoms with Gasteiger partial charge in [-0.25, -0.2) is 13.9 Å². The van der Waals surface area contributed by atoms with Crippen molar-refractivity contribution < 1.29 is 28.9 Å². The second-order valence-corrected chi connectivity index (χ2v) is 5.22. The van der Waals surface area contributed by atoms with E-state index in [9.17, 15) is 19.1 Å². The summed E-state index contributed by atoms with van der Waals surface area (Å²) in [5.74, 6) is -3.00. The van der Waals surface area contributed by atoms with Gasteiger partial charge in [-0.2, -0.15) is 0 Å². The fourth-order valence-corrected chi connectivity index (χ4v) is 2.16. The lowest BCUT2D eigenvalue weighted by Gasteiger charge is -2.24. The van der Waals surface area contributed by atoms with Gasteiger partial charge in [0.1, 0.15) is 24.5 Å². The number of benzene rings is 1. The number of hydrogen-bond donors (Lipinski definition) is 3. The van der Waals surface area contributed by atoms with Gasteiger partial charge in [0.05, 0.1) is 12.7 Å². The highest BCUT2D eigenvalue weighted by atomic mass is 19.1. The molecule has 0 aliphatic carbocycles. The van der Waals surface area contributed by atoms with E-state index in [-0.39, 0.29) is 12.2 Å². The van der Waals surface area contributed by atoms with Crippen molar-refractivity contribution in [1.29, 1.82) is 0 Å². The van der Waals surface area contributed by atoms with E-state index in [1.807, 2.05) is 0 Å². The largest absolute Gasteiger partial charge is 0.480 e. The van der Waals surface area contributed by atoms with Gasteiger partial charge in [0.15, 0.2) is 6.10 Å². The molecule has 0 aliphatic rings. The summed E-state index contributed by atoms with van der Waals surface area (Å²) in [5.41, 5.74) is 6.12. The van der Waals surface area contributed by atoms with E-state index in [2.05, 4.69) is 10.3 Å². The molecule has 2 rings (SSSR count). The molecular weight excluding hydrogens is 335 g/mol. The smallest absolute Gasteiger partial charge is 0.335 e. The van der Waals surface area contributed by atoms with Crippen molar-refractivity contribution in [3.05, 3.63) is 47.8 Å². The normalized spacial score (nSPS) is 14.6. The molecule has 0 bridgehead atoms. The van der Waals surface area contributed by atoms with E-state index in [0.717, 1.165) is 0 Å². The maximum absolute atomic E-state index is 12.6. The maximum atomic E-state index is 12.6. The van der Waals surface area contributed by atoms with Gasteiger partial charge in [0, 0.05) is 0 Å². The minimum atomic E-state index is -1.77. The predicted molar refractivity (Wildman–Crippen MR) is 82.1 cm³/mol. The number of hydrogen-bond acceptors (Lipinski definition) is 6. The Morgan fingerprint density at radius 1 is 1.24 bits per heavy atom. The van der Waals surface area contributed by atoms with Crippen molar-refractivity contribution in [2.75, 3.05) is 0 Å². The molecule has 134 valence electrons. The van der Waals surface area contributed by atoms with Gasteiger partial charge in [-0.1, -0.05) is 35.5 Å². The molecule has 3 unspecified atom stereocenters. The molecule has 25 heavy (non-hydrogen) atoms. The van der Waals surface area contributed by atoms with Gasteiger partial charge in [-0.3, -0.25) is 4.79 Å². The lowest BCUT2D eigenvalue weighted by molar-refractivity contribution is -0.164. The van der Waals surface area contributed by atoms with Crippen LogP contribution in [0.3, 0.4) is 0 Å². The second-order valence-electron chi connectivity index (χ2n) is 5.22. The third kappa shape index (κ3) is 4.81. The molecule has 0 saturated carbocycles. The monoisotopic (exact) mass is 352 g/mol. The molecule has 1 aromatic heterocycles. The van der Waals surface area contributed by atoms with Crippen LogP contribution in [0.25, 0.3) is 0 Å². The van der Waals surface area contributed by atoms with Crippen molar-refractivity contribution in [1.82, 2.24) is 15.0 Å². The molecule has 0 saturated heterocycles. The number of aromatic nitrogens is 3. The summed E-state index contributed by atoms with van der Waals surface area (Å²) < 4.78 is 19.4. The number of carboxylic acid groups (broad SMARTS) is 2. The summed E-state index contributed by atoms with van der Waals surface area (Å²) in [5, 5.41) is 25.6. The van der Waals surface area contributed by atoms with E-state index in [4.69, 9.17) is 15.6 Å². The lowest BCUT2D eigenvalue weighted by atomic mass is 10.1. The lowest BCUT2D eigenvalue weighted by Crippen LogP contribution is -2.48. The zero-order valence-electron chi connectivity index (χ0n) is 13.0. The third-order valence-electron chi connectivity index (χ3n) is 3.41. The Kier molecular flexibility index (Phi) is 6.14. The number of aliphatic carboxylic acids is 2. The number of ether oxygens (including phenoxy) is 1. The zero-order chi connectivity index (χ0) is 18.4. The van der Waals surface area contributed by atoms with E-state index < -0.39 is 36.9 Å². The van der Waals surface area contributed by atoms with Crippen LogP contribution in [0.2, 0.25) is 0 Å². The molecule has 0 fully saturated rings. The fourth-order valence-electron chi connectivity index (χ4n) is 2.16. The van der Waals surface area contributed by atoms with Gasteiger partial charge >= 0.3 is 11.9 Å². The number of nitrogens with two attached hydrogens (primary N) is 1. The van der Waals surface area contributed by atoms with E-state index in [1.165, 1.54) is 10.9 Å². The Bertz CT molecular complexity index is 724. The van der Waals surface area contributed by atoms with Crippen LogP contribution in [-0.4, -0.2) is 49.3 Å². The first-order valence-corrected chi connectivity index (χ1v) is 7.29. The molecule has 4 N–H and O–H groups in total. The predicted octanol–water partition coefficient (Wildman–Crippen LogP) is 0.371. The van der Waals surface area contributed by atoms with E-state index in [1.54, 1.807) is 30.3 Å². The van der Waals surface area contributed by atoms with E-state index >= 15 is 0 Å². The third-order valence-corrected chi connectivity index (χ3v) is 3.41. The van der Waals surface area contributed by atoms with Gasteiger partial charge in [0.25, 0.3) is 0 Å². The Labute approximate surface area is 141 Å². The summed E-state index contributed by atoms with van der Waals surface area (Å²) in [7, 11) is 0. The van der Waals surface area contributed by atoms with Crippen LogP contribution in [0, 0.1) is 0 Å². The Morgan fingerprint density at radius 2 is 1.92 bits per heavy atom. The average molecular weight is 352 g/mol. The van der Waals surface area contributed by atoms with Crippen molar-refractivity contribution in [2.24, 2.45) is 5.73 Å².